The highest BCUT2D eigenvalue weighted by Gasteiger charge is 2.03. The van der Waals surface area contributed by atoms with Gasteiger partial charge in [0.25, 0.3) is 0 Å². The summed E-state index contributed by atoms with van der Waals surface area (Å²) in [5, 5.41) is 0. The quantitative estimate of drug-likeness (QED) is 0.692. The molecule has 0 saturated heterocycles. The van der Waals surface area contributed by atoms with Crippen LogP contribution in [0.5, 0.6) is 23.4 Å². The fourth-order valence-corrected chi connectivity index (χ4v) is 1.94. The van der Waals surface area contributed by atoms with Crippen molar-refractivity contribution >= 4 is 0 Å². The third-order valence-electron chi connectivity index (χ3n) is 3.10. The van der Waals surface area contributed by atoms with Gasteiger partial charge in [-0.25, -0.2) is 4.98 Å². The van der Waals surface area contributed by atoms with E-state index in [0.717, 1.165) is 11.3 Å². The molecule has 3 rings (SSSR count). The van der Waals surface area contributed by atoms with E-state index in [1.807, 2.05) is 54.6 Å². The maximum atomic E-state index is 5.73. The zero-order valence-corrected chi connectivity index (χ0v) is 12.7. The van der Waals surface area contributed by atoms with Crippen molar-refractivity contribution in [3.8, 4) is 23.4 Å². The summed E-state index contributed by atoms with van der Waals surface area (Å²) in [6.07, 6.45) is 1.58. The minimum absolute atomic E-state index is 0.238. The molecule has 5 heteroatoms. The van der Waals surface area contributed by atoms with Crippen LogP contribution in [0.3, 0.4) is 0 Å². The Hall–Kier alpha value is -3.08. The average molecular weight is 308 g/mol. The van der Waals surface area contributed by atoms with Gasteiger partial charge in [-0.15, -0.1) is 0 Å². The number of methoxy groups -OCH3 is 1. The molecule has 0 atom stereocenters. The molecule has 0 spiro atoms. The highest BCUT2D eigenvalue weighted by atomic mass is 16.5. The van der Waals surface area contributed by atoms with Crippen molar-refractivity contribution in [2.45, 2.75) is 6.61 Å². The number of ether oxygens (including phenoxy) is 3. The molecule has 0 saturated carbocycles. The molecule has 5 nitrogen and oxygen atoms in total. The molecule has 0 aliphatic rings. The Labute approximate surface area is 134 Å². The molecular weight excluding hydrogens is 292 g/mol. The van der Waals surface area contributed by atoms with Gasteiger partial charge in [0.2, 0.25) is 5.88 Å². The number of hydrogen-bond donors (Lipinski definition) is 0. The molecule has 2 aromatic carbocycles. The molecule has 0 bridgehead atoms. The minimum atomic E-state index is 0.238. The maximum Gasteiger partial charge on any atom is 0.325 e. The zero-order chi connectivity index (χ0) is 15.9. The van der Waals surface area contributed by atoms with Gasteiger partial charge in [0.05, 0.1) is 7.11 Å². The van der Waals surface area contributed by atoms with Gasteiger partial charge in [-0.3, -0.25) is 0 Å². The molecular formula is C18H16N2O3. The number of benzene rings is 2. The van der Waals surface area contributed by atoms with Crippen molar-refractivity contribution in [2.24, 2.45) is 0 Å². The van der Waals surface area contributed by atoms with Crippen LogP contribution < -0.4 is 14.2 Å². The molecule has 0 amide bonds. The van der Waals surface area contributed by atoms with E-state index in [1.54, 1.807) is 19.4 Å². The fraction of sp³-hybridized carbons (Fsp3) is 0.111. The first-order valence-electron chi connectivity index (χ1n) is 7.15. The third kappa shape index (κ3) is 4.20. The molecule has 0 unspecified atom stereocenters. The van der Waals surface area contributed by atoms with E-state index in [-0.39, 0.29) is 6.01 Å². The summed E-state index contributed by atoms with van der Waals surface area (Å²) in [6.45, 7) is 0.528. The first-order chi connectivity index (χ1) is 11.3. The SMILES string of the molecule is COc1ccnc(Oc2ccc(OCc3ccccc3)cc2)n1. The summed E-state index contributed by atoms with van der Waals surface area (Å²) < 4.78 is 16.3. The van der Waals surface area contributed by atoms with E-state index in [0.29, 0.717) is 18.2 Å². The van der Waals surface area contributed by atoms with Gasteiger partial charge in [0, 0.05) is 12.3 Å². The van der Waals surface area contributed by atoms with Crippen LogP contribution in [0.4, 0.5) is 0 Å². The van der Waals surface area contributed by atoms with Gasteiger partial charge in [-0.2, -0.15) is 4.98 Å². The summed E-state index contributed by atoms with van der Waals surface area (Å²) in [7, 11) is 1.55. The van der Waals surface area contributed by atoms with Gasteiger partial charge < -0.3 is 14.2 Å². The number of aromatic nitrogens is 2. The van der Waals surface area contributed by atoms with E-state index < -0.39 is 0 Å². The minimum Gasteiger partial charge on any atom is -0.489 e. The Balaban J connectivity index is 1.60. The Morgan fingerprint density at radius 3 is 2.35 bits per heavy atom. The summed E-state index contributed by atoms with van der Waals surface area (Å²) in [6, 6.07) is 19.2. The van der Waals surface area contributed by atoms with Gasteiger partial charge in [0.15, 0.2) is 0 Å². The molecule has 1 aromatic heterocycles. The topological polar surface area (TPSA) is 53.5 Å². The lowest BCUT2D eigenvalue weighted by molar-refractivity contribution is 0.305. The molecule has 0 aliphatic carbocycles. The van der Waals surface area contributed by atoms with Crippen molar-refractivity contribution in [3.05, 3.63) is 72.4 Å². The van der Waals surface area contributed by atoms with E-state index in [1.165, 1.54) is 0 Å². The first-order valence-corrected chi connectivity index (χ1v) is 7.15. The number of nitrogens with zero attached hydrogens (tertiary/aromatic N) is 2. The lowest BCUT2D eigenvalue weighted by atomic mass is 10.2. The van der Waals surface area contributed by atoms with E-state index in [4.69, 9.17) is 14.2 Å². The molecule has 116 valence electrons. The largest absolute Gasteiger partial charge is 0.489 e. The van der Waals surface area contributed by atoms with Crippen LogP contribution >= 0.6 is 0 Å². The molecule has 1 heterocycles. The lowest BCUT2D eigenvalue weighted by Crippen LogP contribution is -1.96. The van der Waals surface area contributed by atoms with Gasteiger partial charge in [-0.05, 0) is 29.8 Å². The van der Waals surface area contributed by atoms with Gasteiger partial charge >= 0.3 is 6.01 Å². The van der Waals surface area contributed by atoms with Gasteiger partial charge in [-0.1, -0.05) is 30.3 Å². The Bertz CT molecular complexity index is 746. The zero-order valence-electron chi connectivity index (χ0n) is 12.7. The normalized spacial score (nSPS) is 10.1. The van der Waals surface area contributed by atoms with Crippen molar-refractivity contribution < 1.29 is 14.2 Å². The Kier molecular flexibility index (Phi) is 4.69. The van der Waals surface area contributed by atoms with Crippen LogP contribution in [-0.2, 0) is 6.61 Å². The van der Waals surface area contributed by atoms with Crippen molar-refractivity contribution in [1.29, 1.82) is 0 Å². The van der Waals surface area contributed by atoms with Crippen LogP contribution in [0, 0.1) is 0 Å². The molecule has 0 N–H and O–H groups in total. The molecule has 3 aromatic rings. The van der Waals surface area contributed by atoms with Crippen LogP contribution in [-0.4, -0.2) is 17.1 Å². The fourth-order valence-electron chi connectivity index (χ4n) is 1.94. The van der Waals surface area contributed by atoms with E-state index in [2.05, 4.69) is 9.97 Å². The predicted octanol–water partition coefficient (Wildman–Crippen LogP) is 3.86. The van der Waals surface area contributed by atoms with Crippen molar-refractivity contribution in [3.63, 3.8) is 0 Å². The average Bonchev–Trinajstić information content (AvgIpc) is 2.62. The Morgan fingerprint density at radius 2 is 1.61 bits per heavy atom. The number of rotatable bonds is 6. The molecule has 0 aliphatic heterocycles. The lowest BCUT2D eigenvalue weighted by Gasteiger charge is -2.08. The summed E-state index contributed by atoms with van der Waals surface area (Å²) in [4.78, 5) is 8.13. The standard InChI is InChI=1S/C18H16N2O3/c1-21-17-11-12-19-18(20-17)23-16-9-7-15(8-10-16)22-13-14-5-3-2-4-6-14/h2-12H,13H2,1H3. The highest BCUT2D eigenvalue weighted by molar-refractivity contribution is 5.33. The third-order valence-corrected chi connectivity index (χ3v) is 3.10. The summed E-state index contributed by atoms with van der Waals surface area (Å²) >= 11 is 0. The van der Waals surface area contributed by atoms with Crippen LogP contribution in [0.2, 0.25) is 0 Å². The van der Waals surface area contributed by atoms with Crippen molar-refractivity contribution in [2.75, 3.05) is 7.11 Å². The van der Waals surface area contributed by atoms with Crippen molar-refractivity contribution in [1.82, 2.24) is 9.97 Å². The second-order valence-electron chi connectivity index (χ2n) is 4.73. The molecule has 0 radical (unpaired) electrons. The molecule has 23 heavy (non-hydrogen) atoms. The predicted molar refractivity (Wildman–Crippen MR) is 85.9 cm³/mol. The second-order valence-corrected chi connectivity index (χ2v) is 4.73. The summed E-state index contributed by atoms with van der Waals surface area (Å²) in [5.74, 6) is 1.86. The monoisotopic (exact) mass is 308 g/mol. The number of hydrogen-bond acceptors (Lipinski definition) is 5. The molecule has 0 fully saturated rings. The first kappa shape index (κ1) is 14.8. The Morgan fingerprint density at radius 1 is 0.870 bits per heavy atom. The highest BCUT2D eigenvalue weighted by Crippen LogP contribution is 2.22. The second kappa shape index (κ2) is 7.26. The van der Waals surface area contributed by atoms with Crippen LogP contribution in [0.15, 0.2) is 66.9 Å². The van der Waals surface area contributed by atoms with Crippen LogP contribution in [0.25, 0.3) is 0 Å². The maximum absolute atomic E-state index is 5.73. The van der Waals surface area contributed by atoms with Gasteiger partial charge in [0.1, 0.15) is 18.1 Å². The van der Waals surface area contributed by atoms with E-state index >= 15 is 0 Å². The van der Waals surface area contributed by atoms with Crippen LogP contribution in [0.1, 0.15) is 5.56 Å². The summed E-state index contributed by atoms with van der Waals surface area (Å²) in [5.41, 5.74) is 1.12. The smallest absolute Gasteiger partial charge is 0.325 e. The van der Waals surface area contributed by atoms with E-state index in [9.17, 15) is 0 Å².